The number of rotatable bonds is 6. The maximum atomic E-state index is 10.4. The molecule has 7 heteroatoms. The molecular formula is C7H14NO5P. The molecule has 0 saturated carbocycles. The van der Waals surface area contributed by atoms with Crippen molar-refractivity contribution in [2.75, 3.05) is 12.7 Å². The number of aliphatic carboxylic acids is 1. The summed E-state index contributed by atoms with van der Waals surface area (Å²) in [6.45, 7) is 1.76. The van der Waals surface area contributed by atoms with E-state index in [4.69, 9.17) is 14.9 Å². The van der Waals surface area contributed by atoms with Crippen LogP contribution in [-0.4, -0.2) is 39.6 Å². The van der Waals surface area contributed by atoms with E-state index < -0.39 is 19.6 Å². The predicted octanol–water partition coefficient (Wildman–Crippen LogP) is -0.217. The minimum atomic E-state index is -3.98. The van der Waals surface area contributed by atoms with Crippen molar-refractivity contribution in [3.63, 3.8) is 0 Å². The highest BCUT2D eigenvalue weighted by Gasteiger charge is 2.09. The zero-order valence-corrected chi connectivity index (χ0v) is 8.65. The highest BCUT2D eigenvalue weighted by Crippen LogP contribution is 2.33. The van der Waals surface area contributed by atoms with Crippen LogP contribution in [-0.2, 0) is 9.36 Å². The van der Waals surface area contributed by atoms with Gasteiger partial charge >= 0.3 is 13.6 Å². The summed E-state index contributed by atoms with van der Waals surface area (Å²) in [7, 11) is -3.98. The fourth-order valence-electron chi connectivity index (χ4n) is 0.627. The van der Waals surface area contributed by atoms with Gasteiger partial charge in [0.1, 0.15) is 6.04 Å². The summed E-state index contributed by atoms with van der Waals surface area (Å²) in [4.78, 5) is 27.2. The average Bonchev–Trinajstić information content (AvgIpc) is 2.01. The van der Waals surface area contributed by atoms with Gasteiger partial charge in [-0.25, -0.2) is 0 Å². The first-order chi connectivity index (χ1) is 6.33. The Labute approximate surface area is 81.8 Å². The van der Waals surface area contributed by atoms with Gasteiger partial charge in [-0.15, -0.1) is 0 Å². The van der Waals surface area contributed by atoms with Crippen LogP contribution < -0.4 is 5.32 Å². The zero-order valence-electron chi connectivity index (χ0n) is 7.75. The highest BCUT2D eigenvalue weighted by atomic mass is 31.2. The van der Waals surface area contributed by atoms with E-state index in [2.05, 4.69) is 5.32 Å². The zero-order chi connectivity index (χ0) is 11.2. The van der Waals surface area contributed by atoms with Crippen LogP contribution in [0.25, 0.3) is 0 Å². The maximum absolute atomic E-state index is 10.4. The largest absolute Gasteiger partial charge is 0.480 e. The summed E-state index contributed by atoms with van der Waals surface area (Å²) in [5.74, 6) is -0.964. The van der Waals surface area contributed by atoms with Gasteiger partial charge in [-0.05, 0) is 6.92 Å². The molecule has 0 aliphatic rings. The first-order valence-electron chi connectivity index (χ1n) is 3.98. The summed E-state index contributed by atoms with van der Waals surface area (Å²) < 4.78 is 10.4. The van der Waals surface area contributed by atoms with Crippen molar-refractivity contribution in [2.45, 2.75) is 13.0 Å². The van der Waals surface area contributed by atoms with Crippen LogP contribution in [0, 0.1) is 0 Å². The third kappa shape index (κ3) is 7.94. The summed E-state index contributed by atoms with van der Waals surface area (Å²) in [5, 5.41) is 11.1. The number of carbonyl (C=O) groups is 1. The quantitative estimate of drug-likeness (QED) is 0.366. The molecule has 4 N–H and O–H groups in total. The number of hydrogen-bond acceptors (Lipinski definition) is 3. The molecule has 0 heterocycles. The SMILES string of the molecule is CC(NC/C=C\CP(=O)(O)O)C(=O)O. The third-order valence-corrected chi connectivity index (χ3v) is 2.11. The third-order valence-electron chi connectivity index (χ3n) is 1.42. The van der Waals surface area contributed by atoms with Gasteiger partial charge < -0.3 is 20.2 Å². The van der Waals surface area contributed by atoms with E-state index in [9.17, 15) is 9.36 Å². The van der Waals surface area contributed by atoms with E-state index in [1.165, 1.54) is 19.1 Å². The van der Waals surface area contributed by atoms with Crippen LogP contribution in [0.4, 0.5) is 0 Å². The molecule has 0 aliphatic heterocycles. The van der Waals surface area contributed by atoms with Gasteiger partial charge in [-0.2, -0.15) is 0 Å². The summed E-state index contributed by atoms with van der Waals surface area (Å²) >= 11 is 0. The minimum absolute atomic E-state index is 0.271. The first kappa shape index (κ1) is 13.3. The van der Waals surface area contributed by atoms with Gasteiger partial charge in [0, 0.05) is 6.54 Å². The molecule has 1 atom stereocenters. The van der Waals surface area contributed by atoms with Gasteiger partial charge in [-0.1, -0.05) is 12.2 Å². The molecular weight excluding hydrogens is 209 g/mol. The number of nitrogens with one attached hydrogen (secondary N) is 1. The lowest BCUT2D eigenvalue weighted by atomic mass is 10.3. The molecule has 0 amide bonds. The molecule has 0 spiro atoms. The molecule has 0 aromatic rings. The molecule has 82 valence electrons. The summed E-state index contributed by atoms with van der Waals surface area (Å²) in [5.41, 5.74) is 0. The molecule has 0 saturated heterocycles. The van der Waals surface area contributed by atoms with E-state index in [1.54, 1.807) is 0 Å². The highest BCUT2D eigenvalue weighted by molar-refractivity contribution is 7.51. The van der Waals surface area contributed by atoms with Crippen molar-refractivity contribution >= 4 is 13.6 Å². The lowest BCUT2D eigenvalue weighted by Crippen LogP contribution is -2.33. The molecule has 0 radical (unpaired) electrons. The molecule has 0 aromatic carbocycles. The Morgan fingerprint density at radius 3 is 2.50 bits per heavy atom. The summed E-state index contributed by atoms with van der Waals surface area (Å²) in [6, 6.07) is -0.672. The molecule has 14 heavy (non-hydrogen) atoms. The monoisotopic (exact) mass is 223 g/mol. The molecule has 0 bridgehead atoms. The second-order valence-corrected chi connectivity index (χ2v) is 4.48. The van der Waals surface area contributed by atoms with Crippen LogP contribution in [0.3, 0.4) is 0 Å². The smallest absolute Gasteiger partial charge is 0.329 e. The molecule has 0 rings (SSSR count). The van der Waals surface area contributed by atoms with Gasteiger partial charge in [0.05, 0.1) is 6.16 Å². The van der Waals surface area contributed by atoms with Gasteiger partial charge in [0.15, 0.2) is 0 Å². The van der Waals surface area contributed by atoms with Gasteiger partial charge in [0.2, 0.25) is 0 Å². The fourth-order valence-corrected chi connectivity index (χ4v) is 1.05. The Morgan fingerprint density at radius 1 is 1.50 bits per heavy atom. The minimum Gasteiger partial charge on any atom is -0.480 e. The number of hydrogen-bond donors (Lipinski definition) is 4. The van der Waals surface area contributed by atoms with Gasteiger partial charge in [0.25, 0.3) is 0 Å². The van der Waals surface area contributed by atoms with Crippen LogP contribution in [0.1, 0.15) is 6.92 Å². The Kier molecular flexibility index (Phi) is 5.64. The fraction of sp³-hybridized carbons (Fsp3) is 0.571. The van der Waals surface area contributed by atoms with Crippen LogP contribution in [0.15, 0.2) is 12.2 Å². The predicted molar refractivity (Wildman–Crippen MR) is 51.2 cm³/mol. The number of carboxylic acids is 1. The first-order valence-corrected chi connectivity index (χ1v) is 5.78. The van der Waals surface area contributed by atoms with E-state index >= 15 is 0 Å². The standard InChI is InChI=1S/C7H14NO5P/c1-6(7(9)10)8-4-2-3-5-14(11,12)13/h2-3,6,8H,4-5H2,1H3,(H,9,10)(H2,11,12,13)/b3-2-. The normalized spacial score (nSPS) is 14.5. The van der Waals surface area contributed by atoms with Crippen molar-refractivity contribution in [1.82, 2.24) is 5.32 Å². The van der Waals surface area contributed by atoms with Crippen molar-refractivity contribution in [1.29, 1.82) is 0 Å². The second kappa shape index (κ2) is 5.93. The average molecular weight is 223 g/mol. The van der Waals surface area contributed by atoms with Crippen molar-refractivity contribution in [2.24, 2.45) is 0 Å². The Bertz CT molecular complexity index is 259. The topological polar surface area (TPSA) is 107 Å². The maximum Gasteiger partial charge on any atom is 0.329 e. The summed E-state index contributed by atoms with van der Waals surface area (Å²) in [6.07, 6.45) is 2.48. The van der Waals surface area contributed by atoms with Crippen LogP contribution >= 0.6 is 7.60 Å². The molecule has 0 fully saturated rings. The van der Waals surface area contributed by atoms with E-state index in [0.29, 0.717) is 0 Å². The van der Waals surface area contributed by atoms with Crippen molar-refractivity contribution < 1.29 is 24.3 Å². The van der Waals surface area contributed by atoms with E-state index in [-0.39, 0.29) is 12.7 Å². The van der Waals surface area contributed by atoms with Crippen LogP contribution in [0.5, 0.6) is 0 Å². The lowest BCUT2D eigenvalue weighted by Gasteiger charge is -2.05. The Morgan fingerprint density at radius 2 is 2.07 bits per heavy atom. The Hall–Kier alpha value is -0.680. The molecule has 1 unspecified atom stereocenters. The number of allylic oxidation sites excluding steroid dienone is 1. The molecule has 6 nitrogen and oxygen atoms in total. The van der Waals surface area contributed by atoms with E-state index in [1.807, 2.05) is 0 Å². The second-order valence-electron chi connectivity index (χ2n) is 2.79. The Balaban J connectivity index is 3.65. The van der Waals surface area contributed by atoms with Crippen molar-refractivity contribution in [3.05, 3.63) is 12.2 Å². The van der Waals surface area contributed by atoms with E-state index in [0.717, 1.165) is 0 Å². The van der Waals surface area contributed by atoms with Crippen LogP contribution in [0.2, 0.25) is 0 Å². The molecule has 0 aliphatic carbocycles. The lowest BCUT2D eigenvalue weighted by molar-refractivity contribution is -0.138. The van der Waals surface area contributed by atoms with Crippen molar-refractivity contribution in [3.8, 4) is 0 Å². The molecule has 0 aromatic heterocycles. The number of carboxylic acid groups (broad SMARTS) is 1. The van der Waals surface area contributed by atoms with Gasteiger partial charge in [-0.3, -0.25) is 9.36 Å².